The molecule has 2 rings (SSSR count). The highest BCUT2D eigenvalue weighted by Crippen LogP contribution is 2.33. The van der Waals surface area contributed by atoms with E-state index in [-0.39, 0.29) is 24.5 Å². The average Bonchev–Trinajstić information content (AvgIpc) is 2.51. The van der Waals surface area contributed by atoms with Crippen molar-refractivity contribution < 1.29 is 9.53 Å². The van der Waals surface area contributed by atoms with Gasteiger partial charge in [-0.05, 0) is 19.4 Å². The van der Waals surface area contributed by atoms with Gasteiger partial charge in [-0.3, -0.25) is 4.79 Å². The summed E-state index contributed by atoms with van der Waals surface area (Å²) in [4.78, 5) is 11.2. The van der Waals surface area contributed by atoms with Crippen LogP contribution >= 0.6 is 0 Å². The molecule has 0 aliphatic carbocycles. The molecular formula is C17H22N2O2. The van der Waals surface area contributed by atoms with E-state index in [0.717, 1.165) is 22.1 Å². The van der Waals surface area contributed by atoms with E-state index in [9.17, 15) is 4.79 Å². The van der Waals surface area contributed by atoms with Crippen LogP contribution in [0.25, 0.3) is 10.8 Å². The third-order valence-corrected chi connectivity index (χ3v) is 3.77. The highest BCUT2D eigenvalue weighted by molar-refractivity contribution is 5.89. The number of fused-ring (bicyclic) bond motifs is 1. The number of hydrogen-bond acceptors (Lipinski definition) is 3. The lowest BCUT2D eigenvalue weighted by Gasteiger charge is -2.20. The number of rotatable bonds is 6. The molecule has 0 radical (unpaired) electrons. The molecule has 4 heteroatoms. The lowest BCUT2D eigenvalue weighted by Crippen LogP contribution is -2.26. The minimum atomic E-state index is -0.349. The fraction of sp³-hybridized carbons (Fsp3) is 0.353. The van der Waals surface area contributed by atoms with Gasteiger partial charge >= 0.3 is 0 Å². The van der Waals surface area contributed by atoms with E-state index in [2.05, 4.69) is 24.4 Å². The van der Waals surface area contributed by atoms with Crippen molar-refractivity contribution in [3.63, 3.8) is 0 Å². The SMILES string of the molecule is CNC(C)c1ccc2ccccc2c1OCC(C)C(N)=O. The minimum Gasteiger partial charge on any atom is -0.492 e. The van der Waals surface area contributed by atoms with Crippen molar-refractivity contribution in [1.82, 2.24) is 5.32 Å². The van der Waals surface area contributed by atoms with E-state index in [0.29, 0.717) is 0 Å². The molecule has 0 saturated carbocycles. The summed E-state index contributed by atoms with van der Waals surface area (Å²) in [5.74, 6) is 0.156. The summed E-state index contributed by atoms with van der Waals surface area (Å²) in [6, 6.07) is 12.4. The molecule has 0 aromatic heterocycles. The second-order valence-corrected chi connectivity index (χ2v) is 5.33. The van der Waals surface area contributed by atoms with Crippen molar-refractivity contribution in [3.8, 4) is 5.75 Å². The third-order valence-electron chi connectivity index (χ3n) is 3.77. The molecule has 3 N–H and O–H groups in total. The first-order chi connectivity index (χ1) is 10.0. The average molecular weight is 286 g/mol. The van der Waals surface area contributed by atoms with E-state index >= 15 is 0 Å². The van der Waals surface area contributed by atoms with Crippen LogP contribution in [-0.4, -0.2) is 19.6 Å². The van der Waals surface area contributed by atoms with Gasteiger partial charge in [-0.1, -0.05) is 43.3 Å². The number of ether oxygens (including phenoxy) is 1. The van der Waals surface area contributed by atoms with Crippen LogP contribution in [0.15, 0.2) is 36.4 Å². The molecule has 0 saturated heterocycles. The minimum absolute atomic E-state index is 0.161. The van der Waals surface area contributed by atoms with Gasteiger partial charge in [-0.15, -0.1) is 0 Å². The largest absolute Gasteiger partial charge is 0.492 e. The summed E-state index contributed by atoms with van der Waals surface area (Å²) in [7, 11) is 1.91. The number of benzene rings is 2. The van der Waals surface area contributed by atoms with Gasteiger partial charge in [0.05, 0.1) is 12.5 Å². The molecule has 0 bridgehead atoms. The molecule has 0 aliphatic heterocycles. The second-order valence-electron chi connectivity index (χ2n) is 5.33. The van der Waals surface area contributed by atoms with Crippen LogP contribution < -0.4 is 15.8 Å². The van der Waals surface area contributed by atoms with Gasteiger partial charge in [0.2, 0.25) is 5.91 Å². The van der Waals surface area contributed by atoms with E-state index < -0.39 is 0 Å². The van der Waals surface area contributed by atoms with Gasteiger partial charge in [-0.25, -0.2) is 0 Å². The topological polar surface area (TPSA) is 64.3 Å². The molecule has 0 spiro atoms. The first kappa shape index (κ1) is 15.3. The zero-order valence-corrected chi connectivity index (χ0v) is 12.7. The van der Waals surface area contributed by atoms with Gasteiger partial charge < -0.3 is 15.8 Å². The summed E-state index contributed by atoms with van der Waals surface area (Å²) >= 11 is 0. The zero-order chi connectivity index (χ0) is 15.4. The molecule has 2 aromatic rings. The van der Waals surface area contributed by atoms with Crippen molar-refractivity contribution in [3.05, 3.63) is 42.0 Å². The summed E-state index contributed by atoms with van der Waals surface area (Å²) in [6.07, 6.45) is 0. The molecule has 112 valence electrons. The van der Waals surface area contributed by atoms with Gasteiger partial charge in [0.15, 0.2) is 0 Å². The maximum atomic E-state index is 11.2. The van der Waals surface area contributed by atoms with Gasteiger partial charge in [0.25, 0.3) is 0 Å². The van der Waals surface area contributed by atoms with Crippen molar-refractivity contribution >= 4 is 16.7 Å². The summed E-state index contributed by atoms with van der Waals surface area (Å²) in [6.45, 7) is 4.13. The van der Waals surface area contributed by atoms with Crippen LogP contribution in [0, 0.1) is 5.92 Å². The Labute approximate surface area is 125 Å². The molecule has 2 unspecified atom stereocenters. The number of carbonyl (C=O) groups is 1. The Balaban J connectivity index is 2.43. The zero-order valence-electron chi connectivity index (χ0n) is 12.7. The fourth-order valence-electron chi connectivity index (χ4n) is 2.21. The molecule has 1 amide bonds. The lowest BCUT2D eigenvalue weighted by atomic mass is 10.0. The van der Waals surface area contributed by atoms with Crippen LogP contribution in [0.2, 0.25) is 0 Å². The predicted octanol–water partition coefficient (Wildman–Crippen LogP) is 2.62. The standard InChI is InChI=1S/C17H22N2O2/c1-11(17(18)20)10-21-16-14(12(2)19-3)9-8-13-6-4-5-7-15(13)16/h4-9,11-12,19H,10H2,1-3H3,(H2,18,20). The molecule has 2 atom stereocenters. The number of primary amides is 1. The summed E-state index contributed by atoms with van der Waals surface area (Å²) in [5, 5.41) is 5.39. The number of nitrogens with two attached hydrogens (primary N) is 1. The van der Waals surface area contributed by atoms with Gasteiger partial charge in [0.1, 0.15) is 5.75 Å². The quantitative estimate of drug-likeness (QED) is 0.858. The Kier molecular flexibility index (Phi) is 4.81. The Morgan fingerprint density at radius 2 is 1.95 bits per heavy atom. The number of carbonyl (C=O) groups excluding carboxylic acids is 1. The van der Waals surface area contributed by atoms with Crippen molar-refractivity contribution in [2.45, 2.75) is 19.9 Å². The molecular weight excluding hydrogens is 264 g/mol. The third kappa shape index (κ3) is 3.34. The fourth-order valence-corrected chi connectivity index (χ4v) is 2.21. The Hall–Kier alpha value is -2.07. The maximum absolute atomic E-state index is 11.2. The normalized spacial score (nSPS) is 13.9. The number of nitrogens with one attached hydrogen (secondary N) is 1. The Bertz CT molecular complexity index is 640. The van der Waals surface area contributed by atoms with Crippen LogP contribution in [0.4, 0.5) is 0 Å². The molecule has 4 nitrogen and oxygen atoms in total. The first-order valence-corrected chi connectivity index (χ1v) is 7.15. The molecule has 21 heavy (non-hydrogen) atoms. The summed E-state index contributed by atoms with van der Waals surface area (Å²) < 4.78 is 5.96. The van der Waals surface area contributed by atoms with Crippen LogP contribution in [0.3, 0.4) is 0 Å². The van der Waals surface area contributed by atoms with E-state index in [1.54, 1.807) is 6.92 Å². The van der Waals surface area contributed by atoms with Gasteiger partial charge in [0, 0.05) is 17.0 Å². The highest BCUT2D eigenvalue weighted by atomic mass is 16.5. The van der Waals surface area contributed by atoms with E-state index in [1.165, 1.54) is 0 Å². The van der Waals surface area contributed by atoms with Crippen LogP contribution in [-0.2, 0) is 4.79 Å². The number of hydrogen-bond donors (Lipinski definition) is 2. The van der Waals surface area contributed by atoms with E-state index in [4.69, 9.17) is 10.5 Å². The molecule has 0 heterocycles. The Morgan fingerprint density at radius 1 is 1.24 bits per heavy atom. The van der Waals surface area contributed by atoms with Gasteiger partial charge in [-0.2, -0.15) is 0 Å². The van der Waals surface area contributed by atoms with Crippen molar-refractivity contribution in [2.75, 3.05) is 13.7 Å². The van der Waals surface area contributed by atoms with E-state index in [1.807, 2.05) is 31.3 Å². The monoisotopic (exact) mass is 286 g/mol. The maximum Gasteiger partial charge on any atom is 0.223 e. The Morgan fingerprint density at radius 3 is 2.62 bits per heavy atom. The lowest BCUT2D eigenvalue weighted by molar-refractivity contribution is -0.122. The molecule has 2 aromatic carbocycles. The van der Waals surface area contributed by atoms with Crippen molar-refractivity contribution in [2.24, 2.45) is 11.7 Å². The highest BCUT2D eigenvalue weighted by Gasteiger charge is 2.16. The first-order valence-electron chi connectivity index (χ1n) is 7.15. The molecule has 0 aliphatic rings. The summed E-state index contributed by atoms with van der Waals surface area (Å²) in [5.41, 5.74) is 6.38. The second kappa shape index (κ2) is 6.59. The number of amides is 1. The predicted molar refractivity (Wildman–Crippen MR) is 85.3 cm³/mol. The van der Waals surface area contributed by atoms with Crippen molar-refractivity contribution in [1.29, 1.82) is 0 Å². The smallest absolute Gasteiger partial charge is 0.223 e. The van der Waals surface area contributed by atoms with Crippen LogP contribution in [0.1, 0.15) is 25.5 Å². The van der Waals surface area contributed by atoms with Crippen LogP contribution in [0.5, 0.6) is 5.75 Å². The molecule has 0 fully saturated rings.